The zero-order chi connectivity index (χ0) is 15.5. The molecule has 3 rings (SSSR count). The van der Waals surface area contributed by atoms with E-state index in [0.29, 0.717) is 23.8 Å². The maximum Gasteiger partial charge on any atom is 0.133 e. The molecule has 0 aliphatic carbocycles. The Morgan fingerprint density at radius 2 is 2.09 bits per heavy atom. The lowest BCUT2D eigenvalue weighted by atomic mass is 10.0. The molecule has 1 aliphatic rings. The van der Waals surface area contributed by atoms with E-state index in [0.717, 1.165) is 18.9 Å². The zero-order valence-corrected chi connectivity index (χ0v) is 13.0. The van der Waals surface area contributed by atoms with Gasteiger partial charge in [-0.25, -0.2) is 0 Å². The van der Waals surface area contributed by atoms with Crippen LogP contribution in [0.4, 0.5) is 11.5 Å². The van der Waals surface area contributed by atoms with Crippen LogP contribution in [0.3, 0.4) is 0 Å². The second-order valence-electron chi connectivity index (χ2n) is 6.19. The summed E-state index contributed by atoms with van der Waals surface area (Å²) in [5, 5.41) is 9.44. The third-order valence-corrected chi connectivity index (χ3v) is 4.35. The molecule has 1 fully saturated rings. The number of nitrogen functional groups attached to an aromatic ring is 1. The molecular weight excluding hydrogens is 272 g/mol. The molecule has 0 unspecified atom stereocenters. The van der Waals surface area contributed by atoms with Gasteiger partial charge in [0.1, 0.15) is 17.6 Å². The number of piperidine rings is 1. The Kier molecular flexibility index (Phi) is 4.06. The van der Waals surface area contributed by atoms with E-state index in [1.54, 1.807) is 6.07 Å². The first-order valence-electron chi connectivity index (χ1n) is 7.87. The van der Waals surface area contributed by atoms with Crippen LogP contribution in [-0.4, -0.2) is 17.7 Å². The standard InChI is InChI=1S/C18H22N4/c1-14-6-5-9-21(12-14)18-17(20)10-16(11-19)22(18)13-15-7-3-2-4-8-15/h2-4,7-8,10,14H,5-6,9,12-13,20H2,1H3/t14-/m1/s1. The third-order valence-electron chi connectivity index (χ3n) is 4.35. The van der Waals surface area contributed by atoms with Gasteiger partial charge in [-0.1, -0.05) is 37.3 Å². The quantitative estimate of drug-likeness (QED) is 0.945. The summed E-state index contributed by atoms with van der Waals surface area (Å²) in [6, 6.07) is 14.3. The van der Waals surface area contributed by atoms with Gasteiger partial charge in [0.25, 0.3) is 0 Å². The minimum Gasteiger partial charge on any atom is -0.396 e. The molecule has 4 heteroatoms. The maximum absolute atomic E-state index is 9.44. The van der Waals surface area contributed by atoms with Gasteiger partial charge in [0.05, 0.1) is 12.2 Å². The number of hydrogen-bond acceptors (Lipinski definition) is 3. The van der Waals surface area contributed by atoms with Crippen LogP contribution in [0.2, 0.25) is 0 Å². The number of anilines is 2. The smallest absolute Gasteiger partial charge is 0.133 e. The second-order valence-corrected chi connectivity index (χ2v) is 6.19. The fraction of sp³-hybridized carbons (Fsp3) is 0.389. The molecule has 4 nitrogen and oxygen atoms in total. The van der Waals surface area contributed by atoms with Gasteiger partial charge in [-0.15, -0.1) is 0 Å². The van der Waals surface area contributed by atoms with E-state index >= 15 is 0 Å². The molecule has 114 valence electrons. The highest BCUT2D eigenvalue weighted by Gasteiger charge is 2.23. The molecular formula is C18H22N4. The van der Waals surface area contributed by atoms with Crippen LogP contribution >= 0.6 is 0 Å². The van der Waals surface area contributed by atoms with Gasteiger partial charge >= 0.3 is 0 Å². The Bertz CT molecular complexity index is 681. The van der Waals surface area contributed by atoms with Crippen molar-refractivity contribution in [1.29, 1.82) is 5.26 Å². The van der Waals surface area contributed by atoms with Crippen molar-refractivity contribution in [2.75, 3.05) is 23.7 Å². The van der Waals surface area contributed by atoms with E-state index in [1.807, 2.05) is 18.2 Å². The molecule has 1 atom stereocenters. The van der Waals surface area contributed by atoms with Gasteiger partial charge in [0.15, 0.2) is 0 Å². The van der Waals surface area contributed by atoms with E-state index in [4.69, 9.17) is 5.73 Å². The van der Waals surface area contributed by atoms with E-state index in [9.17, 15) is 5.26 Å². The van der Waals surface area contributed by atoms with Crippen molar-refractivity contribution in [3.05, 3.63) is 47.7 Å². The first-order chi connectivity index (χ1) is 10.7. The molecule has 0 radical (unpaired) electrons. The lowest BCUT2D eigenvalue weighted by molar-refractivity contribution is 0.441. The number of nitrogens with zero attached hydrogens (tertiary/aromatic N) is 3. The molecule has 0 saturated carbocycles. The Morgan fingerprint density at radius 3 is 2.77 bits per heavy atom. The van der Waals surface area contributed by atoms with E-state index in [2.05, 4.69) is 34.6 Å². The number of nitrogens with two attached hydrogens (primary N) is 1. The minimum absolute atomic E-state index is 0.634. The zero-order valence-electron chi connectivity index (χ0n) is 13.0. The monoisotopic (exact) mass is 294 g/mol. The maximum atomic E-state index is 9.44. The fourth-order valence-corrected chi connectivity index (χ4v) is 3.31. The minimum atomic E-state index is 0.634. The summed E-state index contributed by atoms with van der Waals surface area (Å²) in [5.41, 5.74) is 8.76. The average Bonchev–Trinajstić information content (AvgIpc) is 2.84. The van der Waals surface area contributed by atoms with Crippen LogP contribution in [0.5, 0.6) is 0 Å². The molecule has 2 heterocycles. The van der Waals surface area contributed by atoms with Crippen LogP contribution in [0.25, 0.3) is 0 Å². The second kappa shape index (κ2) is 6.15. The first-order valence-corrected chi connectivity index (χ1v) is 7.87. The lowest BCUT2D eigenvalue weighted by Crippen LogP contribution is -2.36. The molecule has 22 heavy (non-hydrogen) atoms. The number of aromatic nitrogens is 1. The average molecular weight is 294 g/mol. The van der Waals surface area contributed by atoms with Gasteiger partial charge in [-0.05, 0) is 30.4 Å². The Hall–Kier alpha value is -2.41. The van der Waals surface area contributed by atoms with Crippen LogP contribution in [0.15, 0.2) is 36.4 Å². The Labute approximate surface area is 131 Å². The van der Waals surface area contributed by atoms with Crippen molar-refractivity contribution < 1.29 is 0 Å². The van der Waals surface area contributed by atoms with Gasteiger partial charge in [0.2, 0.25) is 0 Å². The Morgan fingerprint density at radius 1 is 1.32 bits per heavy atom. The molecule has 1 aromatic carbocycles. The van der Waals surface area contributed by atoms with Crippen molar-refractivity contribution in [2.24, 2.45) is 5.92 Å². The molecule has 2 N–H and O–H groups in total. The molecule has 0 spiro atoms. The summed E-state index contributed by atoms with van der Waals surface area (Å²) >= 11 is 0. The summed E-state index contributed by atoms with van der Waals surface area (Å²) in [7, 11) is 0. The van der Waals surface area contributed by atoms with Gasteiger partial charge in [-0.3, -0.25) is 0 Å². The largest absolute Gasteiger partial charge is 0.396 e. The highest BCUT2D eigenvalue weighted by molar-refractivity contribution is 5.68. The predicted molar refractivity (Wildman–Crippen MR) is 89.7 cm³/mol. The van der Waals surface area contributed by atoms with Crippen LogP contribution < -0.4 is 10.6 Å². The summed E-state index contributed by atoms with van der Waals surface area (Å²) in [6.07, 6.45) is 2.44. The first kappa shape index (κ1) is 14.5. The summed E-state index contributed by atoms with van der Waals surface area (Å²) in [5.74, 6) is 1.67. The van der Waals surface area contributed by atoms with Crippen LogP contribution in [0.1, 0.15) is 31.0 Å². The van der Waals surface area contributed by atoms with Crippen molar-refractivity contribution >= 4 is 11.5 Å². The van der Waals surface area contributed by atoms with Crippen molar-refractivity contribution in [1.82, 2.24) is 4.57 Å². The molecule has 2 aromatic rings. The third kappa shape index (κ3) is 2.80. The van der Waals surface area contributed by atoms with Crippen LogP contribution in [0, 0.1) is 17.2 Å². The molecule has 1 aromatic heterocycles. The summed E-state index contributed by atoms with van der Waals surface area (Å²) < 4.78 is 2.06. The van der Waals surface area contributed by atoms with Crippen molar-refractivity contribution in [3.63, 3.8) is 0 Å². The normalized spacial score (nSPS) is 18.2. The molecule has 0 amide bonds. The van der Waals surface area contributed by atoms with E-state index in [1.165, 1.54) is 18.4 Å². The van der Waals surface area contributed by atoms with Crippen LogP contribution in [-0.2, 0) is 6.54 Å². The lowest BCUT2D eigenvalue weighted by Gasteiger charge is -2.34. The highest BCUT2D eigenvalue weighted by Crippen LogP contribution is 2.32. The number of rotatable bonds is 3. The van der Waals surface area contributed by atoms with Gasteiger partial charge in [0, 0.05) is 13.1 Å². The molecule has 1 saturated heterocycles. The number of benzene rings is 1. The van der Waals surface area contributed by atoms with E-state index in [-0.39, 0.29) is 0 Å². The fourth-order valence-electron chi connectivity index (χ4n) is 3.31. The molecule has 0 bridgehead atoms. The van der Waals surface area contributed by atoms with Gasteiger partial charge < -0.3 is 15.2 Å². The van der Waals surface area contributed by atoms with Crippen molar-refractivity contribution in [3.8, 4) is 6.07 Å². The molecule has 1 aliphatic heterocycles. The number of hydrogen-bond donors (Lipinski definition) is 1. The highest BCUT2D eigenvalue weighted by atomic mass is 15.3. The number of nitriles is 1. The predicted octanol–water partition coefficient (Wildman–Crippen LogP) is 3.23. The summed E-state index contributed by atoms with van der Waals surface area (Å²) in [4.78, 5) is 2.34. The van der Waals surface area contributed by atoms with E-state index < -0.39 is 0 Å². The topological polar surface area (TPSA) is 58.0 Å². The van der Waals surface area contributed by atoms with Crippen molar-refractivity contribution in [2.45, 2.75) is 26.3 Å². The summed E-state index contributed by atoms with van der Waals surface area (Å²) in [6.45, 7) is 4.98. The van der Waals surface area contributed by atoms with Gasteiger partial charge in [-0.2, -0.15) is 5.26 Å². The SMILES string of the molecule is C[C@@H]1CCCN(c2c(N)cc(C#N)n2Cc2ccccc2)C1. The Balaban J connectivity index is 1.98.